The van der Waals surface area contributed by atoms with Crippen LogP contribution < -0.4 is 10.6 Å². The molecule has 0 atom stereocenters. The Morgan fingerprint density at radius 1 is 1.28 bits per heavy atom. The monoisotopic (exact) mass is 247 g/mol. The van der Waals surface area contributed by atoms with Gasteiger partial charge in [0.25, 0.3) is 0 Å². The number of hydrogen-bond donors (Lipinski definition) is 2. The summed E-state index contributed by atoms with van der Waals surface area (Å²) in [7, 11) is 0. The van der Waals surface area contributed by atoms with Gasteiger partial charge in [0.2, 0.25) is 5.91 Å². The first-order valence-electron chi connectivity index (χ1n) is 6.73. The van der Waals surface area contributed by atoms with E-state index in [0.29, 0.717) is 6.42 Å². The molecule has 0 aliphatic heterocycles. The van der Waals surface area contributed by atoms with Gasteiger partial charge in [-0.05, 0) is 49.9 Å². The standard InChI is InChI=1S/C14H21N3O/c18-14(5-2-12-6-10-15-11-7-12)17-9-1-8-16-13-3-4-13/h6-7,10-11,13,16H,1-5,8-9H2,(H,17,18). The summed E-state index contributed by atoms with van der Waals surface area (Å²) in [4.78, 5) is 15.5. The van der Waals surface area contributed by atoms with Gasteiger partial charge in [-0.2, -0.15) is 0 Å². The molecule has 1 saturated carbocycles. The molecule has 1 aliphatic carbocycles. The first-order chi connectivity index (χ1) is 8.84. The van der Waals surface area contributed by atoms with Crippen molar-refractivity contribution in [1.82, 2.24) is 15.6 Å². The number of nitrogens with zero attached hydrogens (tertiary/aromatic N) is 1. The molecule has 4 nitrogen and oxygen atoms in total. The lowest BCUT2D eigenvalue weighted by atomic mass is 10.1. The van der Waals surface area contributed by atoms with E-state index in [0.717, 1.165) is 37.5 Å². The molecule has 4 heteroatoms. The van der Waals surface area contributed by atoms with Crippen LogP contribution in [0.3, 0.4) is 0 Å². The van der Waals surface area contributed by atoms with E-state index in [-0.39, 0.29) is 5.91 Å². The molecule has 98 valence electrons. The molecule has 0 bridgehead atoms. The Morgan fingerprint density at radius 3 is 2.78 bits per heavy atom. The average molecular weight is 247 g/mol. The maximum Gasteiger partial charge on any atom is 0.220 e. The third-order valence-corrected chi connectivity index (χ3v) is 3.08. The molecule has 0 saturated heterocycles. The number of rotatable bonds is 8. The Labute approximate surface area is 108 Å². The highest BCUT2D eigenvalue weighted by molar-refractivity contribution is 5.76. The van der Waals surface area contributed by atoms with E-state index in [1.807, 2.05) is 12.1 Å². The average Bonchev–Trinajstić information content (AvgIpc) is 3.21. The smallest absolute Gasteiger partial charge is 0.220 e. The number of amides is 1. The van der Waals surface area contributed by atoms with Crippen molar-refractivity contribution >= 4 is 5.91 Å². The van der Waals surface area contributed by atoms with E-state index in [2.05, 4.69) is 15.6 Å². The molecule has 1 fully saturated rings. The van der Waals surface area contributed by atoms with Crippen LogP contribution in [0.2, 0.25) is 0 Å². The zero-order valence-corrected chi connectivity index (χ0v) is 10.7. The number of carbonyl (C=O) groups excluding carboxylic acids is 1. The lowest BCUT2D eigenvalue weighted by Crippen LogP contribution is -2.28. The van der Waals surface area contributed by atoms with Crippen molar-refractivity contribution in [3.05, 3.63) is 30.1 Å². The second kappa shape index (κ2) is 7.11. The lowest BCUT2D eigenvalue weighted by molar-refractivity contribution is -0.121. The molecular formula is C14H21N3O. The Balaban J connectivity index is 1.49. The number of carbonyl (C=O) groups is 1. The van der Waals surface area contributed by atoms with Crippen LogP contribution in [0.1, 0.15) is 31.2 Å². The molecule has 0 unspecified atom stereocenters. The zero-order valence-electron chi connectivity index (χ0n) is 10.7. The van der Waals surface area contributed by atoms with Gasteiger partial charge in [-0.15, -0.1) is 0 Å². The molecule has 2 N–H and O–H groups in total. The summed E-state index contributed by atoms with van der Waals surface area (Å²) in [6.07, 6.45) is 8.51. The number of hydrogen-bond acceptors (Lipinski definition) is 3. The van der Waals surface area contributed by atoms with Gasteiger partial charge in [0.1, 0.15) is 0 Å². The van der Waals surface area contributed by atoms with Crippen molar-refractivity contribution in [3.8, 4) is 0 Å². The van der Waals surface area contributed by atoms with Gasteiger partial charge in [-0.3, -0.25) is 9.78 Å². The Bertz CT molecular complexity index is 363. The Hall–Kier alpha value is -1.42. The summed E-state index contributed by atoms with van der Waals surface area (Å²) >= 11 is 0. The van der Waals surface area contributed by atoms with Crippen molar-refractivity contribution in [1.29, 1.82) is 0 Å². The van der Waals surface area contributed by atoms with Crippen LogP contribution >= 0.6 is 0 Å². The van der Waals surface area contributed by atoms with Crippen molar-refractivity contribution in [3.63, 3.8) is 0 Å². The van der Waals surface area contributed by atoms with Crippen LogP contribution in [-0.2, 0) is 11.2 Å². The highest BCUT2D eigenvalue weighted by atomic mass is 16.1. The minimum Gasteiger partial charge on any atom is -0.356 e. The molecule has 0 spiro atoms. The highest BCUT2D eigenvalue weighted by Crippen LogP contribution is 2.18. The Morgan fingerprint density at radius 2 is 2.06 bits per heavy atom. The van der Waals surface area contributed by atoms with Gasteiger partial charge in [0, 0.05) is 31.4 Å². The molecule has 1 amide bonds. The van der Waals surface area contributed by atoms with Gasteiger partial charge in [0.15, 0.2) is 0 Å². The molecule has 1 aromatic rings. The molecule has 1 aromatic heterocycles. The molecule has 18 heavy (non-hydrogen) atoms. The van der Waals surface area contributed by atoms with Crippen molar-refractivity contribution < 1.29 is 4.79 Å². The maximum absolute atomic E-state index is 11.6. The predicted octanol–water partition coefficient (Wildman–Crippen LogP) is 1.27. The van der Waals surface area contributed by atoms with E-state index < -0.39 is 0 Å². The van der Waals surface area contributed by atoms with Crippen molar-refractivity contribution in [2.75, 3.05) is 13.1 Å². The van der Waals surface area contributed by atoms with Crippen LogP contribution in [0.25, 0.3) is 0 Å². The fraction of sp³-hybridized carbons (Fsp3) is 0.571. The van der Waals surface area contributed by atoms with Gasteiger partial charge < -0.3 is 10.6 Å². The molecule has 0 radical (unpaired) electrons. The molecule has 1 aliphatic rings. The van der Waals surface area contributed by atoms with Crippen LogP contribution in [0.4, 0.5) is 0 Å². The second-order valence-corrected chi connectivity index (χ2v) is 4.79. The zero-order chi connectivity index (χ0) is 12.6. The van der Waals surface area contributed by atoms with Crippen molar-refractivity contribution in [2.24, 2.45) is 0 Å². The highest BCUT2D eigenvalue weighted by Gasteiger charge is 2.19. The van der Waals surface area contributed by atoms with E-state index in [1.54, 1.807) is 12.4 Å². The fourth-order valence-electron chi connectivity index (χ4n) is 1.81. The largest absolute Gasteiger partial charge is 0.356 e. The molecular weight excluding hydrogens is 226 g/mol. The SMILES string of the molecule is O=C(CCc1ccncc1)NCCCNC1CC1. The summed E-state index contributed by atoms with van der Waals surface area (Å²) in [5.41, 5.74) is 1.16. The van der Waals surface area contributed by atoms with Crippen LogP contribution in [0, 0.1) is 0 Å². The Kier molecular flexibility index (Phi) is 5.15. The predicted molar refractivity (Wildman–Crippen MR) is 71.2 cm³/mol. The maximum atomic E-state index is 11.6. The second-order valence-electron chi connectivity index (χ2n) is 4.79. The first kappa shape index (κ1) is 13.0. The van der Waals surface area contributed by atoms with Crippen LogP contribution in [0.5, 0.6) is 0 Å². The number of nitrogens with one attached hydrogen (secondary N) is 2. The van der Waals surface area contributed by atoms with Crippen LogP contribution in [-0.4, -0.2) is 30.0 Å². The minimum absolute atomic E-state index is 0.137. The van der Waals surface area contributed by atoms with E-state index in [4.69, 9.17) is 0 Å². The van der Waals surface area contributed by atoms with E-state index in [1.165, 1.54) is 12.8 Å². The third-order valence-electron chi connectivity index (χ3n) is 3.08. The lowest BCUT2D eigenvalue weighted by Gasteiger charge is -2.06. The summed E-state index contributed by atoms with van der Waals surface area (Å²) in [5.74, 6) is 0.137. The van der Waals surface area contributed by atoms with Gasteiger partial charge >= 0.3 is 0 Å². The van der Waals surface area contributed by atoms with Crippen LogP contribution in [0.15, 0.2) is 24.5 Å². The topological polar surface area (TPSA) is 54.0 Å². The van der Waals surface area contributed by atoms with Gasteiger partial charge in [-0.1, -0.05) is 0 Å². The quantitative estimate of drug-likeness (QED) is 0.680. The summed E-state index contributed by atoms with van der Waals surface area (Å²) in [6, 6.07) is 4.66. The normalized spacial score (nSPS) is 14.4. The molecule has 1 heterocycles. The summed E-state index contributed by atoms with van der Waals surface area (Å²) in [6.45, 7) is 1.78. The third kappa shape index (κ3) is 5.27. The number of pyridine rings is 1. The molecule has 0 aromatic carbocycles. The first-order valence-corrected chi connectivity index (χ1v) is 6.73. The van der Waals surface area contributed by atoms with Gasteiger partial charge in [-0.25, -0.2) is 0 Å². The molecule has 2 rings (SSSR count). The minimum atomic E-state index is 0.137. The number of aromatic nitrogens is 1. The summed E-state index contributed by atoms with van der Waals surface area (Å²) < 4.78 is 0. The van der Waals surface area contributed by atoms with Gasteiger partial charge in [0.05, 0.1) is 0 Å². The fourth-order valence-corrected chi connectivity index (χ4v) is 1.81. The summed E-state index contributed by atoms with van der Waals surface area (Å²) in [5, 5.41) is 6.38. The van der Waals surface area contributed by atoms with E-state index in [9.17, 15) is 4.79 Å². The number of aryl methyl sites for hydroxylation is 1. The van der Waals surface area contributed by atoms with Crippen molar-refractivity contribution in [2.45, 2.75) is 38.1 Å². The van der Waals surface area contributed by atoms with E-state index >= 15 is 0 Å².